The van der Waals surface area contributed by atoms with Crippen LogP contribution in [-0.4, -0.2) is 33.1 Å². The number of rotatable bonds is 5. The monoisotopic (exact) mass is 418 g/mol. The van der Waals surface area contributed by atoms with E-state index in [4.69, 9.17) is 0 Å². The van der Waals surface area contributed by atoms with Gasteiger partial charge in [-0.3, -0.25) is 0 Å². The summed E-state index contributed by atoms with van der Waals surface area (Å²) in [5.41, 5.74) is 1.10. The zero-order valence-electron chi connectivity index (χ0n) is 20.0. The number of aliphatic hydroxyl groups excluding tert-OH is 2. The fourth-order valence-electron chi connectivity index (χ4n) is 8.73. The van der Waals surface area contributed by atoms with Crippen LogP contribution in [0.25, 0.3) is 0 Å². The second kappa shape index (κ2) is 7.89. The molecule has 0 aromatic rings. The van der Waals surface area contributed by atoms with Crippen molar-refractivity contribution in [2.24, 2.45) is 40.4 Å². The molecule has 3 fully saturated rings. The summed E-state index contributed by atoms with van der Waals surface area (Å²) in [6, 6.07) is 0. The van der Waals surface area contributed by atoms with Gasteiger partial charge in [-0.25, -0.2) is 0 Å². The summed E-state index contributed by atoms with van der Waals surface area (Å²) in [7, 11) is 0. The van der Waals surface area contributed by atoms with Crippen LogP contribution in [0.5, 0.6) is 0 Å². The maximum absolute atomic E-state index is 11.1. The second-order valence-electron chi connectivity index (χ2n) is 12.6. The van der Waals surface area contributed by atoms with Crippen molar-refractivity contribution < 1.29 is 15.3 Å². The van der Waals surface area contributed by atoms with Crippen LogP contribution < -0.4 is 0 Å². The normalized spacial score (nSPS) is 47.1. The smallest absolute Gasteiger partial charge is 0.0658 e. The Bertz CT molecular complexity index is 664. The minimum Gasteiger partial charge on any atom is -0.393 e. The summed E-state index contributed by atoms with van der Waals surface area (Å²) in [5.74, 6) is 3.55. The lowest BCUT2D eigenvalue weighted by molar-refractivity contribution is -0.108. The summed E-state index contributed by atoms with van der Waals surface area (Å²) >= 11 is 0. The van der Waals surface area contributed by atoms with Crippen molar-refractivity contribution in [3.8, 4) is 0 Å². The van der Waals surface area contributed by atoms with Crippen molar-refractivity contribution in [3.05, 3.63) is 11.6 Å². The highest BCUT2D eigenvalue weighted by Crippen LogP contribution is 2.67. The Morgan fingerprint density at radius 2 is 1.87 bits per heavy atom. The molecule has 0 aliphatic heterocycles. The van der Waals surface area contributed by atoms with Crippen molar-refractivity contribution in [1.29, 1.82) is 0 Å². The molecule has 0 spiro atoms. The zero-order valence-corrected chi connectivity index (χ0v) is 20.0. The Morgan fingerprint density at radius 1 is 1.13 bits per heavy atom. The van der Waals surface area contributed by atoms with Gasteiger partial charge in [-0.05, 0) is 93.8 Å². The minimum absolute atomic E-state index is 0.125. The van der Waals surface area contributed by atoms with Gasteiger partial charge >= 0.3 is 0 Å². The molecule has 30 heavy (non-hydrogen) atoms. The summed E-state index contributed by atoms with van der Waals surface area (Å²) in [6.07, 6.45) is 12.5. The lowest BCUT2D eigenvalue weighted by Gasteiger charge is -2.59. The third kappa shape index (κ3) is 3.71. The molecule has 4 aliphatic rings. The molecule has 4 rings (SSSR count). The summed E-state index contributed by atoms with van der Waals surface area (Å²) in [4.78, 5) is 0. The Hall–Kier alpha value is -0.380. The number of hydrogen-bond acceptors (Lipinski definition) is 3. The molecule has 0 bridgehead atoms. The second-order valence-corrected chi connectivity index (χ2v) is 12.6. The zero-order chi connectivity index (χ0) is 21.9. The van der Waals surface area contributed by atoms with Gasteiger partial charge in [-0.2, -0.15) is 0 Å². The van der Waals surface area contributed by atoms with E-state index in [9.17, 15) is 15.3 Å². The van der Waals surface area contributed by atoms with E-state index < -0.39 is 11.7 Å². The van der Waals surface area contributed by atoms with Gasteiger partial charge in [0.05, 0.1) is 17.8 Å². The van der Waals surface area contributed by atoms with E-state index in [1.54, 1.807) is 0 Å². The highest BCUT2D eigenvalue weighted by atomic mass is 16.3. The summed E-state index contributed by atoms with van der Waals surface area (Å²) in [6.45, 7) is 11.2. The van der Waals surface area contributed by atoms with Crippen molar-refractivity contribution in [1.82, 2.24) is 0 Å². The number of fused-ring (bicyclic) bond motifs is 5. The molecule has 0 aromatic heterocycles. The van der Waals surface area contributed by atoms with Crippen LogP contribution in [0.4, 0.5) is 0 Å². The first-order valence-corrected chi connectivity index (χ1v) is 12.7. The molecule has 3 nitrogen and oxygen atoms in total. The van der Waals surface area contributed by atoms with Crippen LogP contribution in [0.15, 0.2) is 11.6 Å². The average Bonchev–Trinajstić information content (AvgIpc) is 2.99. The molecule has 0 unspecified atom stereocenters. The molecule has 3 heteroatoms. The van der Waals surface area contributed by atoms with E-state index >= 15 is 0 Å². The van der Waals surface area contributed by atoms with Gasteiger partial charge in [0.25, 0.3) is 0 Å². The van der Waals surface area contributed by atoms with Gasteiger partial charge in [0.2, 0.25) is 0 Å². The number of allylic oxidation sites excluding steroid dienone is 1. The molecule has 172 valence electrons. The predicted molar refractivity (Wildman–Crippen MR) is 122 cm³/mol. The molecule has 9 atom stereocenters. The largest absolute Gasteiger partial charge is 0.393 e. The van der Waals surface area contributed by atoms with Crippen molar-refractivity contribution in [2.75, 3.05) is 0 Å². The summed E-state index contributed by atoms with van der Waals surface area (Å²) in [5, 5.41) is 31.4. The first kappa shape index (κ1) is 22.8. The van der Waals surface area contributed by atoms with Crippen LogP contribution in [0.1, 0.15) is 98.8 Å². The Labute approximate surface area is 184 Å². The van der Waals surface area contributed by atoms with Crippen LogP contribution >= 0.6 is 0 Å². The van der Waals surface area contributed by atoms with Crippen LogP contribution in [0.3, 0.4) is 0 Å². The van der Waals surface area contributed by atoms with E-state index in [1.165, 1.54) is 37.7 Å². The van der Waals surface area contributed by atoms with Crippen molar-refractivity contribution in [3.63, 3.8) is 0 Å². The standard InChI is InChI=1S/C27H46O3/c1-17(7-6-13-25(2,3)30)21-10-11-22-20-9-8-18-15-19(28)16-24(29)27(18,5)23(20)12-14-26(21,22)4/h8,17,19-24,28-30H,6-7,9-16H2,1-5H3/t17-,19+,20+,21-,22+,23+,24+,26-,27+/m1/s1. The van der Waals surface area contributed by atoms with Crippen molar-refractivity contribution in [2.45, 2.75) is 117 Å². The lowest BCUT2D eigenvalue weighted by atomic mass is 9.46. The van der Waals surface area contributed by atoms with E-state index in [0.717, 1.165) is 43.4 Å². The number of aliphatic hydroxyl groups is 3. The molecule has 0 saturated heterocycles. The molecular formula is C27H46O3. The maximum atomic E-state index is 11.1. The quantitative estimate of drug-likeness (QED) is 0.519. The molecular weight excluding hydrogens is 372 g/mol. The highest BCUT2D eigenvalue weighted by molar-refractivity contribution is 5.27. The van der Waals surface area contributed by atoms with Gasteiger partial charge in [0.1, 0.15) is 0 Å². The molecule has 0 heterocycles. The molecule has 3 saturated carbocycles. The summed E-state index contributed by atoms with van der Waals surface area (Å²) < 4.78 is 0. The molecule has 3 N–H and O–H groups in total. The van der Waals surface area contributed by atoms with Gasteiger partial charge in [-0.15, -0.1) is 0 Å². The minimum atomic E-state index is -0.546. The molecule has 0 aromatic carbocycles. The van der Waals surface area contributed by atoms with E-state index in [0.29, 0.717) is 23.7 Å². The molecule has 0 amide bonds. The Morgan fingerprint density at radius 3 is 2.57 bits per heavy atom. The number of hydrogen-bond donors (Lipinski definition) is 3. The van der Waals surface area contributed by atoms with Gasteiger partial charge in [-0.1, -0.05) is 45.3 Å². The Kier molecular flexibility index (Phi) is 5.99. The average molecular weight is 419 g/mol. The van der Waals surface area contributed by atoms with Gasteiger partial charge in [0, 0.05) is 11.8 Å². The molecule has 0 radical (unpaired) electrons. The predicted octanol–water partition coefficient (Wildman–Crippen LogP) is 5.47. The Balaban J connectivity index is 1.50. The van der Waals surface area contributed by atoms with Crippen molar-refractivity contribution >= 4 is 0 Å². The van der Waals surface area contributed by atoms with E-state index in [-0.39, 0.29) is 11.5 Å². The topological polar surface area (TPSA) is 60.7 Å². The fraction of sp³-hybridized carbons (Fsp3) is 0.926. The molecule has 4 aliphatic carbocycles. The first-order chi connectivity index (χ1) is 14.0. The van der Waals surface area contributed by atoms with Crippen LogP contribution in [0, 0.1) is 40.4 Å². The highest BCUT2D eigenvalue weighted by Gasteiger charge is 2.60. The third-order valence-electron chi connectivity index (χ3n) is 10.4. The lowest BCUT2D eigenvalue weighted by Crippen LogP contribution is -2.55. The fourth-order valence-corrected chi connectivity index (χ4v) is 8.73. The van der Waals surface area contributed by atoms with Gasteiger partial charge < -0.3 is 15.3 Å². The maximum Gasteiger partial charge on any atom is 0.0658 e. The van der Waals surface area contributed by atoms with Gasteiger partial charge in [0.15, 0.2) is 0 Å². The third-order valence-corrected chi connectivity index (χ3v) is 10.4. The SMILES string of the molecule is C[C@H](CCCC(C)(C)O)[C@H]1CC[C@H]2[C@@H]3CC=C4C[C@H](O)C[C@H](O)[C@]4(C)[C@H]3CC[C@]12C. The van der Waals surface area contributed by atoms with Crippen LogP contribution in [-0.2, 0) is 0 Å². The van der Waals surface area contributed by atoms with E-state index in [1.807, 2.05) is 13.8 Å². The van der Waals surface area contributed by atoms with E-state index in [2.05, 4.69) is 26.8 Å². The van der Waals surface area contributed by atoms with Crippen LogP contribution in [0.2, 0.25) is 0 Å². The first-order valence-electron chi connectivity index (χ1n) is 12.7.